The number of carbonyl (C=O) groups excluding carboxylic acids is 3. The number of hydrogen-bond acceptors (Lipinski definition) is 5. The first-order chi connectivity index (χ1) is 22.5. The smallest absolute Gasteiger partial charge is 0.319 e. The zero-order chi connectivity index (χ0) is 32.0. The van der Waals surface area contributed by atoms with Gasteiger partial charge < -0.3 is 25.8 Å². The SMILES string of the molecule is O=C(NCCc1cccnc1)Nc1ccc(CC(=O)N2CCCCC2)c(C#Cc2ccc(C(=O)NCCN3CCCCC3)cc2)c1. The molecule has 5 rings (SSSR count). The minimum absolute atomic E-state index is 0.0901. The van der Waals surface area contributed by atoms with E-state index in [1.807, 2.05) is 47.4 Å². The van der Waals surface area contributed by atoms with Gasteiger partial charge in [0.2, 0.25) is 5.91 Å². The van der Waals surface area contributed by atoms with Crippen LogP contribution < -0.4 is 16.0 Å². The van der Waals surface area contributed by atoms with Crippen LogP contribution in [-0.4, -0.2) is 78.4 Å². The predicted octanol–water partition coefficient (Wildman–Crippen LogP) is 4.62. The van der Waals surface area contributed by atoms with E-state index in [-0.39, 0.29) is 24.3 Å². The molecule has 0 unspecified atom stereocenters. The van der Waals surface area contributed by atoms with E-state index in [1.54, 1.807) is 24.5 Å². The lowest BCUT2D eigenvalue weighted by molar-refractivity contribution is -0.131. The molecule has 2 aliphatic heterocycles. The Labute approximate surface area is 272 Å². The summed E-state index contributed by atoms with van der Waals surface area (Å²) in [6.07, 6.45) is 11.4. The minimum atomic E-state index is -0.315. The number of benzene rings is 2. The van der Waals surface area contributed by atoms with Gasteiger partial charge in [-0.3, -0.25) is 14.6 Å². The zero-order valence-electron chi connectivity index (χ0n) is 26.5. The summed E-state index contributed by atoms with van der Waals surface area (Å²) < 4.78 is 0. The molecule has 0 spiro atoms. The van der Waals surface area contributed by atoms with Crippen molar-refractivity contribution in [3.63, 3.8) is 0 Å². The Morgan fingerprint density at radius 1 is 0.804 bits per heavy atom. The van der Waals surface area contributed by atoms with Crippen LogP contribution in [0.2, 0.25) is 0 Å². The Balaban J connectivity index is 1.23. The van der Waals surface area contributed by atoms with Crippen LogP contribution in [-0.2, 0) is 17.6 Å². The Morgan fingerprint density at radius 2 is 1.57 bits per heavy atom. The fourth-order valence-electron chi connectivity index (χ4n) is 5.84. The van der Waals surface area contributed by atoms with Gasteiger partial charge in [-0.25, -0.2) is 4.79 Å². The van der Waals surface area contributed by atoms with Gasteiger partial charge in [0.1, 0.15) is 0 Å². The maximum absolute atomic E-state index is 13.1. The Kier molecular flexibility index (Phi) is 12.2. The molecule has 46 heavy (non-hydrogen) atoms. The first-order valence-electron chi connectivity index (χ1n) is 16.5. The third kappa shape index (κ3) is 10.2. The number of pyridine rings is 1. The summed E-state index contributed by atoms with van der Waals surface area (Å²) in [6, 6.07) is 16.3. The molecule has 0 bridgehead atoms. The van der Waals surface area contributed by atoms with Gasteiger partial charge >= 0.3 is 6.03 Å². The summed E-state index contributed by atoms with van der Waals surface area (Å²) in [6.45, 7) is 5.77. The van der Waals surface area contributed by atoms with Crippen LogP contribution in [0.4, 0.5) is 10.5 Å². The van der Waals surface area contributed by atoms with Crippen LogP contribution in [0.25, 0.3) is 0 Å². The highest BCUT2D eigenvalue weighted by molar-refractivity contribution is 5.94. The summed E-state index contributed by atoms with van der Waals surface area (Å²) in [5.74, 6) is 6.42. The number of likely N-dealkylation sites (tertiary alicyclic amines) is 2. The molecule has 3 N–H and O–H groups in total. The highest BCUT2D eigenvalue weighted by Gasteiger charge is 2.18. The fraction of sp³-hybridized carbons (Fsp3) is 0.405. The molecule has 3 aromatic rings. The summed E-state index contributed by atoms with van der Waals surface area (Å²) in [7, 11) is 0. The molecule has 0 saturated carbocycles. The number of urea groups is 1. The topological polar surface area (TPSA) is 107 Å². The van der Waals surface area contributed by atoms with Gasteiger partial charge in [0.05, 0.1) is 6.42 Å². The normalized spacial score (nSPS) is 14.9. The second-order valence-electron chi connectivity index (χ2n) is 12.0. The molecule has 0 atom stereocenters. The number of rotatable bonds is 10. The second-order valence-corrected chi connectivity index (χ2v) is 12.0. The van der Waals surface area contributed by atoms with Gasteiger partial charge in [-0.2, -0.15) is 0 Å². The van der Waals surface area contributed by atoms with Gasteiger partial charge in [0.25, 0.3) is 5.91 Å². The molecular weight excluding hydrogens is 576 g/mol. The minimum Gasteiger partial charge on any atom is -0.351 e. The molecule has 2 saturated heterocycles. The van der Waals surface area contributed by atoms with E-state index in [9.17, 15) is 14.4 Å². The number of nitrogens with zero attached hydrogens (tertiary/aromatic N) is 3. The number of nitrogens with one attached hydrogen (secondary N) is 3. The highest BCUT2D eigenvalue weighted by atomic mass is 16.2. The maximum atomic E-state index is 13.1. The standard InChI is InChI=1S/C37H44N6O3/c44-35(43-23-5-2-6-24-43)27-33-15-16-34(41-37(46)40-19-17-30-8-7-18-38-28-30)26-32(33)14-11-29-9-12-31(13-10-29)36(45)39-20-25-42-21-3-1-4-22-42/h7-10,12-13,15-16,18,26,28H,1-6,17,19-25,27H2,(H,39,45)(H2,40,41,46). The average molecular weight is 621 g/mol. The van der Waals surface area contributed by atoms with Gasteiger partial charge in [0, 0.05) is 67.5 Å². The van der Waals surface area contributed by atoms with E-state index < -0.39 is 0 Å². The van der Waals surface area contributed by atoms with Crippen LogP contribution >= 0.6 is 0 Å². The van der Waals surface area contributed by atoms with Crippen LogP contribution in [0, 0.1) is 11.8 Å². The van der Waals surface area contributed by atoms with Crippen molar-refractivity contribution < 1.29 is 14.4 Å². The summed E-state index contributed by atoms with van der Waals surface area (Å²) in [5, 5.41) is 8.80. The van der Waals surface area contributed by atoms with Crippen molar-refractivity contribution in [2.45, 2.75) is 51.4 Å². The summed E-state index contributed by atoms with van der Waals surface area (Å²) in [5.41, 5.74) is 4.48. The molecule has 2 aliphatic rings. The number of anilines is 1. The Hall–Kier alpha value is -4.68. The van der Waals surface area contributed by atoms with Crippen molar-refractivity contribution in [3.8, 4) is 11.8 Å². The van der Waals surface area contributed by atoms with Crippen LogP contribution in [0.5, 0.6) is 0 Å². The average Bonchev–Trinajstić information content (AvgIpc) is 3.09. The number of amides is 4. The fourth-order valence-corrected chi connectivity index (χ4v) is 5.84. The van der Waals surface area contributed by atoms with E-state index in [0.29, 0.717) is 36.3 Å². The lowest BCUT2D eigenvalue weighted by Crippen LogP contribution is -2.37. The van der Waals surface area contributed by atoms with Crippen molar-refractivity contribution >= 4 is 23.5 Å². The molecule has 240 valence electrons. The molecule has 3 heterocycles. The molecule has 4 amide bonds. The van der Waals surface area contributed by atoms with Crippen molar-refractivity contribution in [1.82, 2.24) is 25.4 Å². The quantitative estimate of drug-likeness (QED) is 0.287. The van der Waals surface area contributed by atoms with Crippen molar-refractivity contribution in [2.24, 2.45) is 0 Å². The first-order valence-corrected chi connectivity index (χ1v) is 16.5. The van der Waals surface area contributed by atoms with E-state index in [4.69, 9.17) is 0 Å². The van der Waals surface area contributed by atoms with Crippen molar-refractivity contribution in [2.75, 3.05) is 51.1 Å². The molecule has 0 aliphatic carbocycles. The molecule has 1 aromatic heterocycles. The van der Waals surface area contributed by atoms with E-state index in [2.05, 4.69) is 37.7 Å². The lowest BCUT2D eigenvalue weighted by atomic mass is 10.0. The van der Waals surface area contributed by atoms with Gasteiger partial charge in [-0.15, -0.1) is 0 Å². The van der Waals surface area contributed by atoms with Gasteiger partial charge in [-0.1, -0.05) is 30.4 Å². The largest absolute Gasteiger partial charge is 0.351 e. The monoisotopic (exact) mass is 620 g/mol. The molecule has 0 radical (unpaired) electrons. The predicted molar refractivity (Wildman–Crippen MR) is 181 cm³/mol. The molecule has 2 fully saturated rings. The first kappa shape index (κ1) is 32.7. The lowest BCUT2D eigenvalue weighted by Gasteiger charge is -2.27. The molecular formula is C37H44N6O3. The third-order valence-corrected chi connectivity index (χ3v) is 8.49. The second kappa shape index (κ2) is 17.1. The summed E-state index contributed by atoms with van der Waals surface area (Å²) in [4.78, 5) is 46.8. The Morgan fingerprint density at radius 3 is 2.30 bits per heavy atom. The number of aromatic nitrogens is 1. The molecule has 9 heteroatoms. The zero-order valence-corrected chi connectivity index (χ0v) is 26.5. The number of carbonyl (C=O) groups is 3. The van der Waals surface area contributed by atoms with E-state index >= 15 is 0 Å². The summed E-state index contributed by atoms with van der Waals surface area (Å²) >= 11 is 0. The maximum Gasteiger partial charge on any atom is 0.319 e. The number of hydrogen-bond donors (Lipinski definition) is 3. The Bertz CT molecular complexity index is 1520. The third-order valence-electron chi connectivity index (χ3n) is 8.49. The number of piperidine rings is 2. The van der Waals surface area contributed by atoms with Crippen molar-refractivity contribution in [3.05, 3.63) is 94.8 Å². The van der Waals surface area contributed by atoms with Crippen LogP contribution in [0.1, 0.15) is 71.1 Å². The van der Waals surface area contributed by atoms with Crippen LogP contribution in [0.15, 0.2) is 67.0 Å². The molecule has 9 nitrogen and oxygen atoms in total. The van der Waals surface area contributed by atoms with E-state index in [0.717, 1.165) is 68.7 Å². The van der Waals surface area contributed by atoms with Crippen molar-refractivity contribution in [1.29, 1.82) is 0 Å². The van der Waals surface area contributed by atoms with Gasteiger partial charge in [0.15, 0.2) is 0 Å². The van der Waals surface area contributed by atoms with E-state index in [1.165, 1.54) is 19.3 Å². The molecule has 2 aromatic carbocycles. The van der Waals surface area contributed by atoms with Crippen LogP contribution in [0.3, 0.4) is 0 Å². The van der Waals surface area contributed by atoms with Gasteiger partial charge in [-0.05, 0) is 105 Å². The highest BCUT2D eigenvalue weighted by Crippen LogP contribution is 2.19.